The van der Waals surface area contributed by atoms with Crippen molar-refractivity contribution in [1.29, 1.82) is 0 Å². The van der Waals surface area contributed by atoms with Gasteiger partial charge in [-0.2, -0.15) is 0 Å². The van der Waals surface area contributed by atoms with E-state index in [0.29, 0.717) is 17.1 Å². The number of nitrogens with one attached hydrogen (secondary N) is 1. The quantitative estimate of drug-likeness (QED) is 0.514. The molecule has 1 N–H and O–H groups in total. The van der Waals surface area contributed by atoms with Crippen LogP contribution in [0, 0.1) is 11.8 Å². The fourth-order valence-electron chi connectivity index (χ4n) is 4.95. The third kappa shape index (κ3) is 3.47. The first-order valence-electron chi connectivity index (χ1n) is 10.7. The molecular formula is C25H24N2O6. The van der Waals surface area contributed by atoms with Crippen molar-refractivity contribution in [2.24, 2.45) is 11.8 Å². The van der Waals surface area contributed by atoms with Crippen molar-refractivity contribution < 1.29 is 28.6 Å². The number of hydrogen-bond donors (Lipinski definition) is 1. The highest BCUT2D eigenvalue weighted by molar-refractivity contribution is 6.07. The van der Waals surface area contributed by atoms with E-state index in [4.69, 9.17) is 14.2 Å². The smallest absolute Gasteiger partial charge is 0.251 e. The molecule has 0 aliphatic carbocycles. The standard InChI is InChI=1S/C25H24N2O6/c1-31-17-10-16(11-18(12-17)32-2)22(28)26-14-25-9-8-19(33-25)20-21(25)24(30)27(23(20)29)13-15-6-4-3-5-7-15/h3-12,19-21H,13-14H2,1-2H3,(H,26,28). The highest BCUT2D eigenvalue weighted by Gasteiger charge is 2.67. The number of methoxy groups -OCH3 is 2. The van der Waals surface area contributed by atoms with Gasteiger partial charge in [0.2, 0.25) is 11.8 Å². The van der Waals surface area contributed by atoms with E-state index in [1.54, 1.807) is 18.2 Å². The molecule has 4 atom stereocenters. The summed E-state index contributed by atoms with van der Waals surface area (Å²) in [5, 5.41) is 2.87. The molecule has 8 nitrogen and oxygen atoms in total. The van der Waals surface area contributed by atoms with E-state index in [-0.39, 0.29) is 30.8 Å². The summed E-state index contributed by atoms with van der Waals surface area (Å²) in [5.41, 5.74) is 0.191. The number of ether oxygens (including phenoxy) is 3. The van der Waals surface area contributed by atoms with Gasteiger partial charge < -0.3 is 19.5 Å². The van der Waals surface area contributed by atoms with Crippen LogP contribution in [0.25, 0.3) is 0 Å². The Hall–Kier alpha value is -3.65. The molecule has 3 aliphatic rings. The van der Waals surface area contributed by atoms with Crippen LogP contribution in [0.1, 0.15) is 15.9 Å². The molecule has 2 aromatic carbocycles. The normalized spacial score (nSPS) is 27.1. The zero-order valence-corrected chi connectivity index (χ0v) is 18.3. The van der Waals surface area contributed by atoms with Gasteiger partial charge in [-0.25, -0.2) is 0 Å². The summed E-state index contributed by atoms with van der Waals surface area (Å²) in [5.74, 6) is -1.10. The van der Waals surface area contributed by atoms with Gasteiger partial charge in [0, 0.05) is 11.6 Å². The fourth-order valence-corrected chi connectivity index (χ4v) is 4.95. The maximum absolute atomic E-state index is 13.3. The Morgan fingerprint density at radius 3 is 2.42 bits per heavy atom. The van der Waals surface area contributed by atoms with Crippen molar-refractivity contribution in [3.8, 4) is 11.5 Å². The molecule has 5 rings (SSSR count). The second-order valence-corrected chi connectivity index (χ2v) is 8.43. The van der Waals surface area contributed by atoms with Crippen molar-refractivity contribution >= 4 is 17.7 Å². The zero-order chi connectivity index (χ0) is 23.2. The Labute approximate surface area is 191 Å². The minimum absolute atomic E-state index is 0.0672. The lowest BCUT2D eigenvalue weighted by Gasteiger charge is -2.29. The molecule has 4 unspecified atom stereocenters. The first-order valence-corrected chi connectivity index (χ1v) is 10.7. The van der Waals surface area contributed by atoms with E-state index in [1.165, 1.54) is 19.1 Å². The van der Waals surface area contributed by atoms with Gasteiger partial charge in [-0.3, -0.25) is 19.3 Å². The number of rotatable bonds is 7. The molecular weight excluding hydrogens is 424 g/mol. The Morgan fingerprint density at radius 1 is 1.06 bits per heavy atom. The first-order chi connectivity index (χ1) is 16.0. The number of nitrogens with zero attached hydrogens (tertiary/aromatic N) is 1. The molecule has 0 spiro atoms. The lowest BCUT2D eigenvalue weighted by Crippen LogP contribution is -2.48. The number of hydrogen-bond acceptors (Lipinski definition) is 6. The Kier molecular flexibility index (Phi) is 5.17. The van der Waals surface area contributed by atoms with Crippen molar-refractivity contribution in [2.75, 3.05) is 20.8 Å². The van der Waals surface area contributed by atoms with Crippen LogP contribution < -0.4 is 14.8 Å². The summed E-state index contributed by atoms with van der Waals surface area (Å²) in [6, 6.07) is 14.3. The number of likely N-dealkylation sites (tertiary alicyclic amines) is 1. The van der Waals surface area contributed by atoms with E-state index in [0.717, 1.165) is 5.56 Å². The van der Waals surface area contributed by atoms with Gasteiger partial charge in [-0.15, -0.1) is 0 Å². The molecule has 3 heterocycles. The highest BCUT2D eigenvalue weighted by Crippen LogP contribution is 2.51. The number of carbonyl (C=O) groups is 3. The molecule has 170 valence electrons. The summed E-state index contributed by atoms with van der Waals surface area (Å²) < 4.78 is 16.6. The molecule has 2 aromatic rings. The highest BCUT2D eigenvalue weighted by atomic mass is 16.5. The minimum Gasteiger partial charge on any atom is -0.497 e. The van der Waals surface area contributed by atoms with Crippen LogP contribution in [0.4, 0.5) is 0 Å². The van der Waals surface area contributed by atoms with Crippen molar-refractivity contribution in [3.05, 3.63) is 71.8 Å². The number of carbonyl (C=O) groups excluding carboxylic acids is 3. The predicted molar refractivity (Wildman–Crippen MR) is 118 cm³/mol. The van der Waals surface area contributed by atoms with Crippen LogP contribution >= 0.6 is 0 Å². The fraction of sp³-hybridized carbons (Fsp3) is 0.320. The topological polar surface area (TPSA) is 94.2 Å². The van der Waals surface area contributed by atoms with Gasteiger partial charge in [-0.1, -0.05) is 42.5 Å². The van der Waals surface area contributed by atoms with Crippen LogP contribution in [0.3, 0.4) is 0 Å². The van der Waals surface area contributed by atoms with Crippen molar-refractivity contribution in [2.45, 2.75) is 18.2 Å². The van der Waals surface area contributed by atoms with Gasteiger partial charge in [-0.05, 0) is 17.7 Å². The molecule has 0 aromatic heterocycles. The Balaban J connectivity index is 1.34. The van der Waals surface area contributed by atoms with Crippen LogP contribution in [0.2, 0.25) is 0 Å². The first kappa shape index (κ1) is 21.2. The predicted octanol–water partition coefficient (Wildman–Crippen LogP) is 1.94. The van der Waals surface area contributed by atoms with Gasteiger partial charge >= 0.3 is 0 Å². The Bertz CT molecular complexity index is 1120. The summed E-state index contributed by atoms with van der Waals surface area (Å²) in [6.45, 7) is 0.294. The second kappa shape index (κ2) is 8.04. The summed E-state index contributed by atoms with van der Waals surface area (Å²) in [4.78, 5) is 40.6. The number of amides is 3. The average molecular weight is 448 g/mol. The average Bonchev–Trinajstić information content (AvgIpc) is 3.49. The van der Waals surface area contributed by atoms with Gasteiger partial charge in [0.1, 0.15) is 17.1 Å². The lowest BCUT2D eigenvalue weighted by molar-refractivity contribution is -0.144. The molecule has 33 heavy (non-hydrogen) atoms. The SMILES string of the molecule is COc1cc(OC)cc(C(=O)NCC23C=CC(O2)C2C(=O)N(Cc4ccccc4)C(=O)C23)c1. The van der Waals surface area contributed by atoms with Crippen molar-refractivity contribution in [1.82, 2.24) is 10.2 Å². The summed E-state index contributed by atoms with van der Waals surface area (Å²) in [6.07, 6.45) is 3.16. The van der Waals surface area contributed by atoms with Crippen LogP contribution in [0.5, 0.6) is 11.5 Å². The third-order valence-electron chi connectivity index (χ3n) is 6.57. The maximum Gasteiger partial charge on any atom is 0.251 e. The number of imide groups is 1. The van der Waals surface area contributed by atoms with E-state index < -0.39 is 23.5 Å². The molecule has 3 amide bonds. The Morgan fingerprint density at radius 2 is 1.76 bits per heavy atom. The third-order valence-corrected chi connectivity index (χ3v) is 6.57. The number of fused-ring (bicyclic) bond motifs is 5. The maximum atomic E-state index is 13.3. The monoisotopic (exact) mass is 448 g/mol. The van der Waals surface area contributed by atoms with E-state index in [9.17, 15) is 14.4 Å². The van der Waals surface area contributed by atoms with Crippen LogP contribution in [-0.2, 0) is 20.9 Å². The molecule has 2 saturated heterocycles. The minimum atomic E-state index is -1.05. The number of benzene rings is 2. The van der Waals surface area contributed by atoms with Crippen LogP contribution in [-0.4, -0.2) is 55.1 Å². The molecule has 0 radical (unpaired) electrons. The van der Waals surface area contributed by atoms with E-state index in [1.807, 2.05) is 42.5 Å². The zero-order valence-electron chi connectivity index (χ0n) is 18.3. The summed E-state index contributed by atoms with van der Waals surface area (Å²) in [7, 11) is 3.02. The van der Waals surface area contributed by atoms with E-state index in [2.05, 4.69) is 5.32 Å². The lowest BCUT2D eigenvalue weighted by atomic mass is 9.77. The largest absolute Gasteiger partial charge is 0.497 e. The molecule has 2 bridgehead atoms. The van der Waals surface area contributed by atoms with Gasteiger partial charge in [0.15, 0.2) is 0 Å². The van der Waals surface area contributed by atoms with E-state index >= 15 is 0 Å². The van der Waals surface area contributed by atoms with Gasteiger partial charge in [0.05, 0.1) is 45.2 Å². The molecule has 3 aliphatic heterocycles. The molecule has 8 heteroatoms. The van der Waals surface area contributed by atoms with Crippen LogP contribution in [0.15, 0.2) is 60.7 Å². The van der Waals surface area contributed by atoms with Gasteiger partial charge in [0.25, 0.3) is 5.91 Å². The molecule has 0 saturated carbocycles. The molecule has 2 fully saturated rings. The van der Waals surface area contributed by atoms with Crippen molar-refractivity contribution in [3.63, 3.8) is 0 Å². The summed E-state index contributed by atoms with van der Waals surface area (Å²) >= 11 is 0. The second-order valence-electron chi connectivity index (χ2n) is 8.43.